The van der Waals surface area contributed by atoms with Crippen molar-refractivity contribution in [3.63, 3.8) is 0 Å². The summed E-state index contributed by atoms with van der Waals surface area (Å²) >= 11 is 0. The van der Waals surface area contributed by atoms with Crippen molar-refractivity contribution in [1.82, 2.24) is 45.2 Å². The van der Waals surface area contributed by atoms with Crippen molar-refractivity contribution >= 4 is 11.6 Å². The lowest BCUT2D eigenvalue weighted by atomic mass is 10.1. The number of nitrogens with two attached hydrogens (primary N) is 2. The highest BCUT2D eigenvalue weighted by Gasteiger charge is 2.20. The summed E-state index contributed by atoms with van der Waals surface area (Å²) < 4.78 is 20.6. The third-order valence-corrected chi connectivity index (χ3v) is 10.6. The van der Waals surface area contributed by atoms with Crippen LogP contribution in [0, 0.1) is 0 Å². The maximum Gasteiger partial charge on any atom is 0.167 e. The maximum atomic E-state index is 6.15. The predicted octanol–water partition coefficient (Wildman–Crippen LogP) is 7.97. The van der Waals surface area contributed by atoms with E-state index in [1.807, 2.05) is 102 Å². The Kier molecular flexibility index (Phi) is 10.6. The highest BCUT2D eigenvalue weighted by molar-refractivity contribution is 5.80. The van der Waals surface area contributed by atoms with Gasteiger partial charge in [0.2, 0.25) is 0 Å². The van der Waals surface area contributed by atoms with E-state index in [-0.39, 0.29) is 0 Å². The summed E-state index contributed by atoms with van der Waals surface area (Å²) in [7, 11) is 0. The highest BCUT2D eigenvalue weighted by Crippen LogP contribution is 2.34. The minimum absolute atomic E-state index is 0.377. The topological polar surface area (TPSA) is 187 Å². The first-order valence-electron chi connectivity index (χ1n) is 19.5. The molecule has 14 heteroatoms. The van der Waals surface area contributed by atoms with E-state index in [0.717, 1.165) is 96.5 Å². The molecule has 8 heterocycles. The Morgan fingerprint density at radius 3 is 1.48 bits per heavy atom. The molecule has 0 amide bonds. The number of aromatic nitrogens is 8. The van der Waals surface area contributed by atoms with Gasteiger partial charge in [0.25, 0.3) is 0 Å². The Bertz CT molecular complexity index is 2400. The molecule has 5 N–H and O–H groups in total. The zero-order chi connectivity index (χ0) is 39.3. The van der Waals surface area contributed by atoms with Crippen molar-refractivity contribution in [2.75, 3.05) is 37.8 Å². The van der Waals surface area contributed by atoms with E-state index < -0.39 is 0 Å². The number of ether oxygens (including phenoxy) is 1. The van der Waals surface area contributed by atoms with Gasteiger partial charge in [0, 0.05) is 94.6 Å². The Morgan fingerprint density at radius 2 is 1.00 bits per heavy atom. The molecule has 0 saturated carbocycles. The molecular formula is C44H43N11O3. The SMILES string of the molecule is Nc1ncc(-c2cnn(C3CCNCC3)c2)cc1-c1cc(-c2ccccc2)on1.Nc1ncc(-c2cnn(C3CCOCC3)c2)cc1-c1cc(-c2ccccc2)on1. The number of nitrogens with one attached hydrogen (secondary N) is 1. The second-order valence-corrected chi connectivity index (χ2v) is 14.4. The van der Waals surface area contributed by atoms with Crippen LogP contribution < -0.4 is 16.8 Å². The first-order chi connectivity index (χ1) is 28.6. The first-order valence-corrected chi connectivity index (χ1v) is 19.5. The number of hydrogen-bond donors (Lipinski definition) is 3. The number of nitrogen functional groups attached to an aromatic ring is 2. The molecule has 6 aromatic heterocycles. The van der Waals surface area contributed by atoms with Crippen LogP contribution in [0.15, 0.2) is 131 Å². The molecule has 0 radical (unpaired) electrons. The van der Waals surface area contributed by atoms with E-state index in [9.17, 15) is 0 Å². The van der Waals surface area contributed by atoms with Crippen LogP contribution in [0.1, 0.15) is 37.8 Å². The molecule has 0 unspecified atom stereocenters. The van der Waals surface area contributed by atoms with Gasteiger partial charge in [-0.2, -0.15) is 10.2 Å². The number of hydrogen-bond acceptors (Lipinski definition) is 12. The van der Waals surface area contributed by atoms with E-state index in [0.29, 0.717) is 46.6 Å². The van der Waals surface area contributed by atoms with E-state index in [1.54, 1.807) is 12.4 Å². The molecule has 0 aliphatic carbocycles. The van der Waals surface area contributed by atoms with E-state index >= 15 is 0 Å². The number of anilines is 2. The van der Waals surface area contributed by atoms with Gasteiger partial charge in [-0.3, -0.25) is 9.36 Å². The van der Waals surface area contributed by atoms with Crippen LogP contribution >= 0.6 is 0 Å². The van der Waals surface area contributed by atoms with Crippen LogP contribution in [0.2, 0.25) is 0 Å². The standard InChI is InChI=1S/C22H22N6O.C22H21N5O2/c23-22-19(20-11-21(29-27-20)15-4-2-1-3-5-15)10-16(12-25-22)17-13-26-28(14-17)18-6-8-24-9-7-18;23-22-19(20-11-21(29-26-20)15-4-2-1-3-5-15)10-16(12-24-22)17-13-25-27(14-17)18-6-8-28-9-7-18/h1-5,10-14,18,24H,6-9H2,(H2,23,25);1-5,10-14,18H,6-9H2,(H2,23,24). The summed E-state index contributed by atoms with van der Waals surface area (Å²) in [6.07, 6.45) is 15.6. The van der Waals surface area contributed by atoms with Crippen molar-refractivity contribution in [3.05, 3.63) is 122 Å². The van der Waals surface area contributed by atoms with Crippen LogP contribution in [0.25, 0.3) is 67.4 Å². The average Bonchev–Trinajstić information content (AvgIpc) is 4.14. The minimum atomic E-state index is 0.377. The molecule has 292 valence electrons. The molecule has 10 rings (SSSR count). The monoisotopic (exact) mass is 773 g/mol. The fourth-order valence-corrected chi connectivity index (χ4v) is 7.35. The maximum absolute atomic E-state index is 6.15. The summed E-state index contributed by atoms with van der Waals surface area (Å²) in [5.41, 5.74) is 21.0. The Hall–Kier alpha value is -6.90. The number of benzene rings is 2. The van der Waals surface area contributed by atoms with Gasteiger partial charge in [0.15, 0.2) is 11.5 Å². The Labute approximate surface area is 334 Å². The van der Waals surface area contributed by atoms with Gasteiger partial charge in [-0.25, -0.2) is 9.97 Å². The van der Waals surface area contributed by atoms with Crippen LogP contribution in [0.4, 0.5) is 11.6 Å². The van der Waals surface area contributed by atoms with Crippen molar-refractivity contribution < 1.29 is 13.8 Å². The second kappa shape index (κ2) is 16.7. The highest BCUT2D eigenvalue weighted by atomic mass is 16.5. The van der Waals surface area contributed by atoms with Gasteiger partial charge >= 0.3 is 0 Å². The molecule has 2 saturated heterocycles. The zero-order valence-corrected chi connectivity index (χ0v) is 31.8. The summed E-state index contributed by atoms with van der Waals surface area (Å²) in [5, 5.41) is 20.9. The largest absolute Gasteiger partial charge is 0.383 e. The van der Waals surface area contributed by atoms with E-state index in [4.69, 9.17) is 25.3 Å². The van der Waals surface area contributed by atoms with Crippen LogP contribution in [-0.4, -0.2) is 66.1 Å². The van der Waals surface area contributed by atoms with Crippen LogP contribution in [-0.2, 0) is 4.74 Å². The van der Waals surface area contributed by atoms with Crippen LogP contribution in [0.3, 0.4) is 0 Å². The third-order valence-electron chi connectivity index (χ3n) is 10.6. The molecule has 0 bridgehead atoms. The van der Waals surface area contributed by atoms with Crippen molar-refractivity contribution in [3.8, 4) is 67.4 Å². The first kappa shape index (κ1) is 36.7. The molecule has 2 aromatic carbocycles. The lowest BCUT2D eigenvalue weighted by molar-refractivity contribution is 0.0662. The van der Waals surface area contributed by atoms with Crippen molar-refractivity contribution in [2.24, 2.45) is 0 Å². The minimum Gasteiger partial charge on any atom is -0.383 e. The lowest BCUT2D eigenvalue weighted by Gasteiger charge is -2.22. The molecule has 2 aliphatic heterocycles. The van der Waals surface area contributed by atoms with Crippen molar-refractivity contribution in [2.45, 2.75) is 37.8 Å². The molecule has 0 atom stereocenters. The third kappa shape index (κ3) is 8.01. The van der Waals surface area contributed by atoms with E-state index in [2.05, 4.69) is 52.9 Å². The summed E-state index contributed by atoms with van der Waals surface area (Å²) in [4.78, 5) is 8.76. The fraction of sp³-hybridized carbons (Fsp3) is 0.227. The summed E-state index contributed by atoms with van der Waals surface area (Å²) in [6, 6.07) is 28.3. The number of rotatable bonds is 8. The molecule has 2 aliphatic rings. The van der Waals surface area contributed by atoms with E-state index in [1.165, 1.54) is 0 Å². The smallest absolute Gasteiger partial charge is 0.167 e. The van der Waals surface area contributed by atoms with Gasteiger partial charge in [-0.1, -0.05) is 71.0 Å². The lowest BCUT2D eigenvalue weighted by Crippen LogP contribution is -2.29. The Balaban J connectivity index is 0.000000150. The molecule has 2 fully saturated rings. The van der Waals surface area contributed by atoms with Crippen molar-refractivity contribution in [1.29, 1.82) is 0 Å². The summed E-state index contributed by atoms with van der Waals surface area (Å²) in [6.45, 7) is 3.62. The molecule has 14 nitrogen and oxygen atoms in total. The average molecular weight is 774 g/mol. The molecule has 8 aromatic rings. The van der Waals surface area contributed by atoms with Gasteiger partial charge in [-0.05, 0) is 50.9 Å². The normalized spacial score (nSPS) is 14.9. The second-order valence-electron chi connectivity index (χ2n) is 14.4. The Morgan fingerprint density at radius 1 is 0.534 bits per heavy atom. The quantitative estimate of drug-likeness (QED) is 0.135. The number of pyridine rings is 2. The van der Waals surface area contributed by atoms with Gasteiger partial charge < -0.3 is 30.6 Å². The summed E-state index contributed by atoms with van der Waals surface area (Å²) in [5.74, 6) is 2.23. The van der Waals surface area contributed by atoms with Gasteiger partial charge in [0.1, 0.15) is 23.0 Å². The molecule has 58 heavy (non-hydrogen) atoms. The van der Waals surface area contributed by atoms with Crippen LogP contribution in [0.5, 0.6) is 0 Å². The number of piperidine rings is 1. The van der Waals surface area contributed by atoms with Gasteiger partial charge in [0.05, 0.1) is 24.5 Å². The predicted molar refractivity (Wildman–Crippen MR) is 222 cm³/mol. The van der Waals surface area contributed by atoms with Gasteiger partial charge in [-0.15, -0.1) is 0 Å². The molecular weight excluding hydrogens is 731 g/mol. The fourth-order valence-electron chi connectivity index (χ4n) is 7.35. The molecule has 0 spiro atoms. The number of nitrogens with zero attached hydrogens (tertiary/aromatic N) is 8. The zero-order valence-electron chi connectivity index (χ0n) is 31.8.